The van der Waals surface area contributed by atoms with Crippen molar-refractivity contribution in [1.29, 1.82) is 0 Å². The highest BCUT2D eigenvalue weighted by molar-refractivity contribution is 7.89. The number of imidazole rings is 1. The van der Waals surface area contributed by atoms with Crippen molar-refractivity contribution in [3.8, 4) is 0 Å². The number of carbonyl (C=O) groups excluding carboxylic acids is 2. The zero-order chi connectivity index (χ0) is 31.9. The lowest BCUT2D eigenvalue weighted by atomic mass is 9.73. The molecule has 2 fully saturated rings. The van der Waals surface area contributed by atoms with Gasteiger partial charge in [-0.2, -0.15) is 4.31 Å². The molecule has 13 heteroatoms. The van der Waals surface area contributed by atoms with Crippen LogP contribution in [-0.2, 0) is 31.4 Å². The summed E-state index contributed by atoms with van der Waals surface area (Å²) in [7, 11) is -2.21. The Kier molecular flexibility index (Phi) is 10.0. The number of hydrogen-bond donors (Lipinski definition) is 2. The van der Waals surface area contributed by atoms with Crippen LogP contribution < -0.4 is 0 Å². The van der Waals surface area contributed by atoms with Gasteiger partial charge in [0.1, 0.15) is 11.9 Å². The minimum absolute atomic E-state index is 0.0476. The van der Waals surface area contributed by atoms with Gasteiger partial charge in [-0.3, -0.25) is 9.59 Å². The van der Waals surface area contributed by atoms with Gasteiger partial charge in [-0.05, 0) is 44.3 Å². The van der Waals surface area contributed by atoms with E-state index < -0.39 is 58.1 Å². The Labute approximate surface area is 258 Å². The topological polar surface area (TPSA) is 152 Å². The molecule has 4 rings (SSSR count). The second-order valence-corrected chi connectivity index (χ2v) is 15.6. The molecule has 2 saturated heterocycles. The maximum Gasteiger partial charge on any atom is 0.309 e. The standard InChI is InChI=1S/C30H44N4O7S2/c1-17-9-8-10-22-23(34(22)43(39,40)26-14-33(7)16-31-26)12-24(18(2)11-21-15-42-20(4)32-21)41-27(36)13-25(35)30(5,6)29(38)19(3)28(17)37/h11,14-17,19,22-25,28,35,37H,8-10,12-13H2,1-7H3/b18-11+/t17-,19+,22+,23-,24-,25-,28-,34?/m0/s1. The molecule has 2 aromatic heterocycles. The van der Waals surface area contributed by atoms with Gasteiger partial charge in [0.2, 0.25) is 0 Å². The van der Waals surface area contributed by atoms with Crippen LogP contribution in [0.5, 0.6) is 0 Å². The largest absolute Gasteiger partial charge is 0.458 e. The average Bonchev–Trinajstić information content (AvgIpc) is 3.19. The lowest BCUT2D eigenvalue weighted by Gasteiger charge is -2.34. The molecule has 0 saturated carbocycles. The van der Waals surface area contributed by atoms with Gasteiger partial charge in [-0.1, -0.05) is 34.1 Å². The first kappa shape index (κ1) is 33.4. The van der Waals surface area contributed by atoms with Gasteiger partial charge >= 0.3 is 5.97 Å². The number of ether oxygens (including phenoxy) is 1. The molecular formula is C30H44N4O7S2. The van der Waals surface area contributed by atoms with Crippen molar-refractivity contribution >= 4 is 39.2 Å². The first-order chi connectivity index (χ1) is 20.0. The number of sulfonamides is 1. The highest BCUT2D eigenvalue weighted by Crippen LogP contribution is 2.43. The lowest BCUT2D eigenvalue weighted by Crippen LogP contribution is -2.45. The summed E-state index contributed by atoms with van der Waals surface area (Å²) < 4.78 is 36.3. The fraction of sp³-hybridized carbons (Fsp3) is 0.667. The molecular weight excluding hydrogens is 592 g/mol. The van der Waals surface area contributed by atoms with Crippen LogP contribution in [0.2, 0.25) is 0 Å². The number of rotatable bonds is 4. The zero-order valence-corrected chi connectivity index (χ0v) is 27.6. The molecule has 0 aromatic carbocycles. The van der Waals surface area contributed by atoms with Crippen LogP contribution in [0, 0.1) is 24.2 Å². The zero-order valence-electron chi connectivity index (χ0n) is 25.9. The van der Waals surface area contributed by atoms with E-state index in [2.05, 4.69) is 9.97 Å². The van der Waals surface area contributed by atoms with E-state index in [4.69, 9.17) is 4.74 Å². The molecule has 0 amide bonds. The number of carbonyl (C=O) groups is 2. The molecule has 1 unspecified atom stereocenters. The van der Waals surface area contributed by atoms with Crippen molar-refractivity contribution < 1.29 is 33.0 Å². The van der Waals surface area contributed by atoms with Crippen LogP contribution in [0.4, 0.5) is 0 Å². The summed E-state index contributed by atoms with van der Waals surface area (Å²) in [5.41, 5.74) is 0.0988. The fourth-order valence-electron chi connectivity index (χ4n) is 6.03. The Morgan fingerprint density at radius 2 is 1.88 bits per heavy atom. The SMILES string of the molecule is C/C(=C\c1csc(C)n1)[C@@H]1C[C@H]2[C@@H](CCC[C@H](C)[C@H](O)[C@@H](C)C(=O)C(C)(C)[C@@H](O)CC(=O)O1)N2S(=O)(=O)c1cn(C)cn1. The summed E-state index contributed by atoms with van der Waals surface area (Å²) in [6, 6.07) is -0.788. The van der Waals surface area contributed by atoms with Crippen molar-refractivity contribution in [1.82, 2.24) is 18.8 Å². The first-order valence-electron chi connectivity index (χ1n) is 14.8. The van der Waals surface area contributed by atoms with E-state index >= 15 is 0 Å². The summed E-state index contributed by atoms with van der Waals surface area (Å²) in [6.45, 7) is 10.4. The van der Waals surface area contributed by atoms with Gasteiger partial charge in [0.15, 0.2) is 5.03 Å². The van der Waals surface area contributed by atoms with Crippen LogP contribution in [0.1, 0.15) is 77.4 Å². The molecule has 0 aliphatic carbocycles. The van der Waals surface area contributed by atoms with Crippen molar-refractivity contribution in [3.05, 3.63) is 34.2 Å². The number of thiazole rings is 1. The quantitative estimate of drug-likeness (QED) is 0.380. The van der Waals surface area contributed by atoms with E-state index in [1.165, 1.54) is 28.2 Å². The molecule has 8 atom stereocenters. The normalized spacial score (nSPS) is 33.1. The predicted octanol–water partition coefficient (Wildman–Crippen LogP) is 3.50. The third-order valence-electron chi connectivity index (χ3n) is 8.98. The summed E-state index contributed by atoms with van der Waals surface area (Å²) >= 11 is 1.49. The molecule has 0 radical (unpaired) electrons. The molecule has 2 aliphatic heterocycles. The maximum absolute atomic E-state index is 13.7. The summed E-state index contributed by atoms with van der Waals surface area (Å²) in [5.74, 6) is -2.04. The number of aromatic nitrogens is 3. The van der Waals surface area contributed by atoms with Crippen molar-refractivity contribution in [2.24, 2.45) is 24.3 Å². The number of ketones is 1. The molecule has 4 heterocycles. The van der Waals surface area contributed by atoms with E-state index in [1.54, 1.807) is 32.4 Å². The third kappa shape index (κ3) is 7.28. The van der Waals surface area contributed by atoms with E-state index in [9.17, 15) is 28.2 Å². The number of fused-ring (bicyclic) bond motifs is 1. The van der Waals surface area contributed by atoms with E-state index in [-0.39, 0.29) is 29.2 Å². The van der Waals surface area contributed by atoms with Crippen LogP contribution in [0.15, 0.2) is 28.5 Å². The number of aliphatic hydroxyl groups is 2. The Morgan fingerprint density at radius 1 is 1.19 bits per heavy atom. The third-order valence-corrected chi connectivity index (χ3v) is 11.6. The first-order valence-corrected chi connectivity index (χ1v) is 17.1. The number of Topliss-reactive ketones (excluding diaryl/α,β-unsaturated/α-hetero) is 1. The van der Waals surface area contributed by atoms with E-state index in [0.29, 0.717) is 30.5 Å². The van der Waals surface area contributed by atoms with Crippen LogP contribution in [-0.4, -0.2) is 79.6 Å². The second-order valence-electron chi connectivity index (χ2n) is 12.7. The molecule has 2 aromatic rings. The summed E-state index contributed by atoms with van der Waals surface area (Å²) in [5, 5.41) is 24.8. The number of aliphatic hydroxyl groups excluding tert-OH is 2. The fourth-order valence-corrected chi connectivity index (χ4v) is 8.43. The monoisotopic (exact) mass is 636 g/mol. The molecule has 43 heavy (non-hydrogen) atoms. The minimum Gasteiger partial charge on any atom is -0.458 e. The minimum atomic E-state index is -3.91. The Balaban J connectivity index is 1.69. The average molecular weight is 637 g/mol. The van der Waals surface area contributed by atoms with E-state index in [1.807, 2.05) is 32.2 Å². The van der Waals surface area contributed by atoms with Gasteiger partial charge in [0, 0.05) is 43.0 Å². The second kappa shape index (κ2) is 12.9. The molecule has 2 N–H and O–H groups in total. The Morgan fingerprint density at radius 3 is 2.49 bits per heavy atom. The van der Waals surface area contributed by atoms with Crippen molar-refractivity contribution in [3.63, 3.8) is 0 Å². The van der Waals surface area contributed by atoms with Gasteiger partial charge in [0.25, 0.3) is 10.0 Å². The Hall–Kier alpha value is -2.45. The lowest BCUT2D eigenvalue weighted by molar-refractivity contribution is -0.154. The molecule has 0 spiro atoms. The molecule has 11 nitrogen and oxygen atoms in total. The van der Waals surface area contributed by atoms with Crippen LogP contribution in [0.3, 0.4) is 0 Å². The molecule has 2 aliphatic rings. The van der Waals surface area contributed by atoms with Gasteiger partial charge in [0.05, 0.1) is 41.1 Å². The highest BCUT2D eigenvalue weighted by Gasteiger charge is 2.56. The van der Waals surface area contributed by atoms with Crippen LogP contribution in [0.25, 0.3) is 6.08 Å². The predicted molar refractivity (Wildman–Crippen MR) is 162 cm³/mol. The molecule has 238 valence electrons. The van der Waals surface area contributed by atoms with Gasteiger partial charge in [-0.25, -0.2) is 18.4 Å². The highest BCUT2D eigenvalue weighted by atomic mass is 32.2. The maximum atomic E-state index is 13.7. The number of hydrogen-bond acceptors (Lipinski definition) is 10. The summed E-state index contributed by atoms with van der Waals surface area (Å²) in [6.07, 6.45) is 3.17. The van der Waals surface area contributed by atoms with Crippen LogP contribution >= 0.6 is 11.3 Å². The van der Waals surface area contributed by atoms with E-state index in [0.717, 1.165) is 5.01 Å². The van der Waals surface area contributed by atoms with Gasteiger partial charge < -0.3 is 19.5 Å². The molecule has 0 bridgehead atoms. The number of esters is 1. The van der Waals surface area contributed by atoms with Gasteiger partial charge in [-0.15, -0.1) is 11.3 Å². The smallest absolute Gasteiger partial charge is 0.309 e. The number of nitrogens with zero attached hydrogens (tertiary/aromatic N) is 4. The van der Waals surface area contributed by atoms with Crippen molar-refractivity contribution in [2.45, 2.75) is 109 Å². The Bertz CT molecular complexity index is 1460. The van der Waals surface area contributed by atoms with Crippen molar-refractivity contribution in [2.75, 3.05) is 0 Å². The summed E-state index contributed by atoms with van der Waals surface area (Å²) in [4.78, 5) is 35.2. The number of cyclic esters (lactones) is 1. The number of aryl methyl sites for hydroxylation is 2.